The number of hydrogen-bond donors (Lipinski definition) is 1. The first kappa shape index (κ1) is 18.5. The number of hydrogen-bond acceptors (Lipinski definition) is 5. The molecule has 26 heavy (non-hydrogen) atoms. The molecule has 0 radical (unpaired) electrons. The Balaban J connectivity index is 1.80. The zero-order chi connectivity index (χ0) is 18.7. The van der Waals surface area contributed by atoms with Gasteiger partial charge in [0.05, 0.1) is 30.2 Å². The van der Waals surface area contributed by atoms with Gasteiger partial charge in [0.1, 0.15) is 21.4 Å². The smallest absolute Gasteiger partial charge is 0.283 e. The summed E-state index contributed by atoms with van der Waals surface area (Å²) in [6.45, 7) is 0. The molecule has 3 aromatic rings. The van der Waals surface area contributed by atoms with Gasteiger partial charge in [-0.15, -0.1) is 11.3 Å². The predicted octanol–water partition coefficient (Wildman–Crippen LogP) is 4.99. The number of hydrazone groups is 1. The third-order valence-electron chi connectivity index (χ3n) is 3.62. The van der Waals surface area contributed by atoms with E-state index in [1.54, 1.807) is 31.4 Å². The first-order valence-electron chi connectivity index (χ1n) is 7.47. The van der Waals surface area contributed by atoms with Crippen molar-refractivity contribution in [2.75, 3.05) is 14.2 Å². The molecule has 0 fully saturated rings. The molecule has 0 aliphatic carbocycles. The van der Waals surface area contributed by atoms with Crippen LogP contribution in [0.5, 0.6) is 11.5 Å². The lowest BCUT2D eigenvalue weighted by molar-refractivity contribution is 0.0959. The van der Waals surface area contributed by atoms with Gasteiger partial charge in [0, 0.05) is 5.39 Å². The van der Waals surface area contributed by atoms with Crippen molar-refractivity contribution < 1.29 is 14.3 Å². The molecule has 1 aromatic heterocycles. The Morgan fingerprint density at radius 1 is 1.08 bits per heavy atom. The average Bonchev–Trinajstić information content (AvgIpc) is 3.00. The number of fused-ring (bicyclic) bond motifs is 1. The van der Waals surface area contributed by atoms with Gasteiger partial charge in [0.15, 0.2) is 0 Å². The fourth-order valence-electron chi connectivity index (χ4n) is 2.29. The second-order valence-electron chi connectivity index (χ2n) is 5.18. The summed E-state index contributed by atoms with van der Waals surface area (Å²) in [6, 6.07) is 10.8. The molecule has 134 valence electrons. The van der Waals surface area contributed by atoms with E-state index in [1.165, 1.54) is 24.7 Å². The number of methoxy groups -OCH3 is 2. The van der Waals surface area contributed by atoms with Crippen molar-refractivity contribution in [3.05, 3.63) is 56.9 Å². The summed E-state index contributed by atoms with van der Waals surface area (Å²) in [5, 5.41) is 5.43. The largest absolute Gasteiger partial charge is 0.497 e. The fourth-order valence-corrected chi connectivity index (χ4v) is 4.07. The second kappa shape index (κ2) is 7.95. The maximum absolute atomic E-state index is 12.4. The number of ether oxygens (including phenoxy) is 2. The van der Waals surface area contributed by atoms with Crippen LogP contribution >= 0.6 is 34.5 Å². The summed E-state index contributed by atoms with van der Waals surface area (Å²) in [7, 11) is 3.13. The minimum absolute atomic E-state index is 0.337. The van der Waals surface area contributed by atoms with Crippen molar-refractivity contribution in [2.24, 2.45) is 5.10 Å². The Morgan fingerprint density at radius 2 is 1.81 bits per heavy atom. The molecule has 1 heterocycles. The van der Waals surface area contributed by atoms with Crippen LogP contribution in [0.25, 0.3) is 10.1 Å². The van der Waals surface area contributed by atoms with Gasteiger partial charge in [-0.3, -0.25) is 4.79 Å². The van der Waals surface area contributed by atoms with Gasteiger partial charge in [-0.25, -0.2) is 5.43 Å². The van der Waals surface area contributed by atoms with E-state index in [2.05, 4.69) is 10.5 Å². The standard InChI is InChI=1S/C18H14Cl2N2O3S/c1-24-11-5-3-10(4-6-11)9-21-22-18(23)17-14(19)12-7-8-13(25-2)15(20)16(12)26-17/h3-9H,1-2H3,(H,22,23)/b21-9+. The van der Waals surface area contributed by atoms with Crippen LogP contribution in [0.3, 0.4) is 0 Å². The lowest BCUT2D eigenvalue weighted by atomic mass is 10.2. The zero-order valence-electron chi connectivity index (χ0n) is 13.9. The molecule has 0 saturated heterocycles. The highest BCUT2D eigenvalue weighted by atomic mass is 35.5. The molecule has 0 aliphatic heterocycles. The van der Waals surface area contributed by atoms with Gasteiger partial charge < -0.3 is 9.47 Å². The Kier molecular flexibility index (Phi) is 5.66. The van der Waals surface area contributed by atoms with E-state index >= 15 is 0 Å². The lowest BCUT2D eigenvalue weighted by Crippen LogP contribution is -2.16. The zero-order valence-corrected chi connectivity index (χ0v) is 16.2. The van der Waals surface area contributed by atoms with E-state index in [0.717, 1.165) is 11.3 Å². The van der Waals surface area contributed by atoms with Crippen LogP contribution in [-0.4, -0.2) is 26.3 Å². The topological polar surface area (TPSA) is 59.9 Å². The minimum Gasteiger partial charge on any atom is -0.497 e. The molecule has 0 saturated carbocycles. The van der Waals surface area contributed by atoms with Crippen molar-refractivity contribution in [2.45, 2.75) is 0 Å². The Hall–Kier alpha value is -2.28. The van der Waals surface area contributed by atoms with Crippen LogP contribution in [0.15, 0.2) is 41.5 Å². The van der Waals surface area contributed by atoms with Gasteiger partial charge in [0.2, 0.25) is 0 Å². The number of nitrogens with zero attached hydrogens (tertiary/aromatic N) is 1. The van der Waals surface area contributed by atoms with Gasteiger partial charge >= 0.3 is 0 Å². The van der Waals surface area contributed by atoms with Gasteiger partial charge in [-0.2, -0.15) is 5.10 Å². The quantitative estimate of drug-likeness (QED) is 0.477. The molecule has 8 heteroatoms. The molecular formula is C18H14Cl2N2O3S. The molecule has 3 rings (SSSR count). The lowest BCUT2D eigenvalue weighted by Gasteiger charge is -2.02. The van der Waals surface area contributed by atoms with Crippen molar-refractivity contribution in [1.29, 1.82) is 0 Å². The van der Waals surface area contributed by atoms with E-state index in [1.807, 2.05) is 12.1 Å². The Morgan fingerprint density at radius 3 is 2.46 bits per heavy atom. The van der Waals surface area contributed by atoms with Gasteiger partial charge in [-0.05, 0) is 42.0 Å². The molecule has 0 spiro atoms. The summed E-state index contributed by atoms with van der Waals surface area (Å²) >= 11 is 13.8. The Labute approximate surface area is 164 Å². The highest BCUT2D eigenvalue weighted by Gasteiger charge is 2.20. The van der Waals surface area contributed by atoms with E-state index in [0.29, 0.717) is 30.8 Å². The molecule has 0 aliphatic rings. The number of rotatable bonds is 5. The van der Waals surface area contributed by atoms with Crippen molar-refractivity contribution in [3.8, 4) is 11.5 Å². The second-order valence-corrected chi connectivity index (χ2v) is 6.95. The maximum atomic E-state index is 12.4. The number of nitrogens with one attached hydrogen (secondary N) is 1. The number of benzene rings is 2. The van der Waals surface area contributed by atoms with Gasteiger partial charge in [0.25, 0.3) is 5.91 Å². The van der Waals surface area contributed by atoms with E-state index in [-0.39, 0.29) is 0 Å². The summed E-state index contributed by atoms with van der Waals surface area (Å²) in [5.74, 6) is 0.869. The molecule has 1 N–H and O–H groups in total. The molecule has 2 aromatic carbocycles. The first-order valence-corrected chi connectivity index (χ1v) is 9.04. The number of halogens is 2. The summed E-state index contributed by atoms with van der Waals surface area (Å²) in [4.78, 5) is 12.7. The Bertz CT molecular complexity index is 984. The monoisotopic (exact) mass is 408 g/mol. The molecule has 0 atom stereocenters. The fraction of sp³-hybridized carbons (Fsp3) is 0.111. The van der Waals surface area contributed by atoms with Crippen LogP contribution in [0.2, 0.25) is 10.0 Å². The molecule has 1 amide bonds. The van der Waals surface area contributed by atoms with E-state index in [4.69, 9.17) is 32.7 Å². The van der Waals surface area contributed by atoms with Crippen molar-refractivity contribution >= 4 is 56.7 Å². The van der Waals surface area contributed by atoms with E-state index in [9.17, 15) is 4.79 Å². The van der Waals surface area contributed by atoms with Gasteiger partial charge in [-0.1, -0.05) is 23.2 Å². The number of thiophene rings is 1. The number of carbonyl (C=O) groups is 1. The average molecular weight is 409 g/mol. The number of carbonyl (C=O) groups excluding carboxylic acids is 1. The molecule has 0 bridgehead atoms. The minimum atomic E-state index is -0.406. The first-order chi connectivity index (χ1) is 12.5. The third-order valence-corrected chi connectivity index (χ3v) is 5.84. The van der Waals surface area contributed by atoms with Crippen LogP contribution in [0.1, 0.15) is 15.2 Å². The normalized spacial score (nSPS) is 11.1. The van der Waals surface area contributed by atoms with E-state index < -0.39 is 5.91 Å². The van der Waals surface area contributed by atoms with Crippen molar-refractivity contribution in [3.63, 3.8) is 0 Å². The third kappa shape index (κ3) is 3.62. The molecular weight excluding hydrogens is 395 g/mol. The summed E-state index contributed by atoms with van der Waals surface area (Å²) < 4.78 is 11.0. The summed E-state index contributed by atoms with van der Waals surface area (Å²) in [5.41, 5.74) is 3.30. The highest BCUT2D eigenvalue weighted by molar-refractivity contribution is 7.22. The van der Waals surface area contributed by atoms with Crippen LogP contribution in [0, 0.1) is 0 Å². The predicted molar refractivity (Wildman–Crippen MR) is 106 cm³/mol. The highest BCUT2D eigenvalue weighted by Crippen LogP contribution is 2.42. The van der Waals surface area contributed by atoms with Crippen LogP contribution < -0.4 is 14.9 Å². The number of amides is 1. The summed E-state index contributed by atoms with van der Waals surface area (Å²) in [6.07, 6.45) is 1.54. The molecule has 5 nitrogen and oxygen atoms in total. The maximum Gasteiger partial charge on any atom is 0.283 e. The molecule has 0 unspecified atom stereocenters. The van der Waals surface area contributed by atoms with Crippen molar-refractivity contribution in [1.82, 2.24) is 5.43 Å². The van der Waals surface area contributed by atoms with Crippen LogP contribution in [0.4, 0.5) is 0 Å². The SMILES string of the molecule is COc1ccc(/C=N/NC(=O)c2sc3c(Cl)c(OC)ccc3c2Cl)cc1. The van der Waals surface area contributed by atoms with Crippen LogP contribution in [-0.2, 0) is 0 Å².